The van der Waals surface area contributed by atoms with Crippen LogP contribution >= 0.6 is 11.6 Å². The van der Waals surface area contributed by atoms with Crippen molar-refractivity contribution in [3.63, 3.8) is 0 Å². The average molecular weight is 610 g/mol. The molecule has 0 aliphatic carbocycles. The smallest absolute Gasteiger partial charge is 0.354 e. The molecule has 220 valence electrons. The molecule has 12 heteroatoms. The second kappa shape index (κ2) is 13.4. The van der Waals surface area contributed by atoms with E-state index < -0.39 is 46.2 Å². The van der Waals surface area contributed by atoms with Gasteiger partial charge in [0.05, 0.1) is 16.1 Å². The Hall–Kier alpha value is -3.57. The summed E-state index contributed by atoms with van der Waals surface area (Å²) in [6.45, 7) is 4.45. The molecular formula is C29H31ClF3N3O4S. The molecular weight excluding hydrogens is 579 g/mol. The van der Waals surface area contributed by atoms with Gasteiger partial charge in [0.25, 0.3) is 10.0 Å². The SMILES string of the molecule is CCCNC(=O)C(C)N(Cc1ccccc1Cl)C(=O)CN(c1cccc(C(F)(F)F)c1)S(=O)(=O)c1ccc(C)cc1. The Labute approximate surface area is 243 Å². The van der Waals surface area contributed by atoms with Crippen molar-refractivity contribution in [2.45, 2.75) is 50.9 Å². The highest BCUT2D eigenvalue weighted by Gasteiger charge is 2.35. The van der Waals surface area contributed by atoms with Crippen LogP contribution in [0.15, 0.2) is 77.7 Å². The van der Waals surface area contributed by atoms with Crippen molar-refractivity contribution >= 4 is 39.1 Å². The van der Waals surface area contributed by atoms with Gasteiger partial charge in [-0.15, -0.1) is 0 Å². The third-order valence-electron chi connectivity index (χ3n) is 6.36. The summed E-state index contributed by atoms with van der Waals surface area (Å²) < 4.78 is 68.9. The first-order valence-corrected chi connectivity index (χ1v) is 14.6. The van der Waals surface area contributed by atoms with Crippen molar-refractivity contribution in [3.8, 4) is 0 Å². The topological polar surface area (TPSA) is 86.8 Å². The number of benzene rings is 3. The molecule has 1 N–H and O–H groups in total. The van der Waals surface area contributed by atoms with Crippen molar-refractivity contribution in [1.82, 2.24) is 10.2 Å². The third kappa shape index (κ3) is 8.01. The molecule has 2 amide bonds. The third-order valence-corrected chi connectivity index (χ3v) is 8.52. The zero-order valence-corrected chi connectivity index (χ0v) is 24.4. The number of hydrogen-bond acceptors (Lipinski definition) is 4. The average Bonchev–Trinajstić information content (AvgIpc) is 2.93. The zero-order chi connectivity index (χ0) is 30.4. The fourth-order valence-corrected chi connectivity index (χ4v) is 5.59. The first kappa shape index (κ1) is 32.0. The number of carbonyl (C=O) groups excluding carboxylic acids is 2. The van der Waals surface area contributed by atoms with Gasteiger partial charge < -0.3 is 10.2 Å². The lowest BCUT2D eigenvalue weighted by molar-refractivity contribution is -0.139. The minimum atomic E-state index is -4.75. The van der Waals surface area contributed by atoms with Gasteiger partial charge in [0.1, 0.15) is 12.6 Å². The van der Waals surface area contributed by atoms with Crippen LogP contribution in [0.5, 0.6) is 0 Å². The van der Waals surface area contributed by atoms with E-state index in [4.69, 9.17) is 11.6 Å². The number of anilines is 1. The van der Waals surface area contributed by atoms with Crippen LogP contribution in [-0.4, -0.2) is 44.3 Å². The predicted octanol–water partition coefficient (Wildman–Crippen LogP) is 5.81. The number of halogens is 4. The molecule has 0 aliphatic rings. The maximum absolute atomic E-state index is 13.9. The highest BCUT2D eigenvalue weighted by Crippen LogP contribution is 2.33. The van der Waals surface area contributed by atoms with E-state index in [0.29, 0.717) is 33.9 Å². The maximum Gasteiger partial charge on any atom is 0.416 e. The Kier molecular flexibility index (Phi) is 10.4. The molecule has 0 radical (unpaired) electrons. The largest absolute Gasteiger partial charge is 0.416 e. The second-order valence-electron chi connectivity index (χ2n) is 9.45. The molecule has 3 rings (SSSR count). The van der Waals surface area contributed by atoms with Crippen LogP contribution in [0.1, 0.15) is 37.0 Å². The van der Waals surface area contributed by atoms with Crippen LogP contribution in [0.4, 0.5) is 18.9 Å². The summed E-state index contributed by atoms with van der Waals surface area (Å²) in [5.41, 5.74) is -0.158. The van der Waals surface area contributed by atoms with Gasteiger partial charge >= 0.3 is 6.18 Å². The number of rotatable bonds is 11. The molecule has 0 aromatic heterocycles. The molecule has 0 bridgehead atoms. The quantitative estimate of drug-likeness (QED) is 0.297. The molecule has 0 fully saturated rings. The Morgan fingerprint density at radius 2 is 1.66 bits per heavy atom. The Bertz CT molecular complexity index is 1480. The summed E-state index contributed by atoms with van der Waals surface area (Å²) in [4.78, 5) is 27.7. The van der Waals surface area contributed by atoms with Crippen molar-refractivity contribution in [1.29, 1.82) is 0 Å². The first-order chi connectivity index (χ1) is 19.3. The van der Waals surface area contributed by atoms with Crippen molar-refractivity contribution in [3.05, 3.63) is 94.5 Å². The van der Waals surface area contributed by atoms with Gasteiger partial charge in [-0.25, -0.2) is 8.42 Å². The van der Waals surface area contributed by atoms with Gasteiger partial charge in [-0.05, 0) is 62.2 Å². The van der Waals surface area contributed by atoms with Gasteiger partial charge in [-0.3, -0.25) is 13.9 Å². The van der Waals surface area contributed by atoms with Crippen LogP contribution in [-0.2, 0) is 32.3 Å². The number of aryl methyl sites for hydroxylation is 1. The molecule has 3 aromatic carbocycles. The molecule has 0 aliphatic heterocycles. The minimum Gasteiger partial charge on any atom is -0.354 e. The lowest BCUT2D eigenvalue weighted by atomic mass is 10.1. The Morgan fingerprint density at radius 1 is 1.00 bits per heavy atom. The molecule has 0 saturated carbocycles. The monoisotopic (exact) mass is 609 g/mol. The van der Waals surface area contributed by atoms with Crippen LogP contribution in [0, 0.1) is 6.92 Å². The van der Waals surface area contributed by atoms with Crippen molar-refractivity contribution < 1.29 is 31.2 Å². The highest BCUT2D eigenvalue weighted by atomic mass is 35.5. The van der Waals surface area contributed by atoms with Crippen LogP contribution < -0.4 is 9.62 Å². The number of alkyl halides is 3. The lowest BCUT2D eigenvalue weighted by Gasteiger charge is -2.32. The summed E-state index contributed by atoms with van der Waals surface area (Å²) in [5, 5.41) is 3.04. The fourth-order valence-electron chi connectivity index (χ4n) is 3.99. The summed E-state index contributed by atoms with van der Waals surface area (Å²) >= 11 is 6.32. The van der Waals surface area contributed by atoms with Crippen LogP contribution in [0.3, 0.4) is 0 Å². The van der Waals surface area contributed by atoms with Crippen molar-refractivity contribution in [2.75, 3.05) is 17.4 Å². The van der Waals surface area contributed by atoms with E-state index in [-0.39, 0.29) is 17.1 Å². The fraction of sp³-hybridized carbons (Fsp3) is 0.310. The summed E-state index contributed by atoms with van der Waals surface area (Å²) in [7, 11) is -4.51. The molecule has 41 heavy (non-hydrogen) atoms. The van der Waals surface area contributed by atoms with E-state index in [2.05, 4.69) is 5.32 Å². The number of carbonyl (C=O) groups is 2. The predicted molar refractivity (Wildman–Crippen MR) is 152 cm³/mol. The summed E-state index contributed by atoms with van der Waals surface area (Å²) in [6.07, 6.45) is -4.10. The van der Waals surface area contributed by atoms with Crippen molar-refractivity contribution in [2.24, 2.45) is 0 Å². The number of hydrogen-bond donors (Lipinski definition) is 1. The molecule has 7 nitrogen and oxygen atoms in total. The Morgan fingerprint density at radius 3 is 2.27 bits per heavy atom. The number of amides is 2. The first-order valence-electron chi connectivity index (χ1n) is 12.8. The van der Waals surface area contributed by atoms with E-state index in [9.17, 15) is 31.2 Å². The molecule has 0 heterocycles. The lowest BCUT2D eigenvalue weighted by Crippen LogP contribution is -2.51. The highest BCUT2D eigenvalue weighted by molar-refractivity contribution is 7.92. The summed E-state index contributed by atoms with van der Waals surface area (Å²) in [5.74, 6) is -1.28. The molecule has 0 spiro atoms. The van der Waals surface area contributed by atoms with Gasteiger partial charge in [-0.2, -0.15) is 13.2 Å². The van der Waals surface area contributed by atoms with Gasteiger partial charge in [0.15, 0.2) is 0 Å². The van der Waals surface area contributed by atoms with E-state index in [1.807, 2.05) is 6.92 Å². The molecule has 3 aromatic rings. The van der Waals surface area contributed by atoms with Gasteiger partial charge in [0.2, 0.25) is 11.8 Å². The number of sulfonamides is 1. The molecule has 1 atom stereocenters. The van der Waals surface area contributed by atoms with Gasteiger partial charge in [-0.1, -0.05) is 60.5 Å². The van der Waals surface area contributed by atoms with Gasteiger partial charge in [0, 0.05) is 18.1 Å². The van der Waals surface area contributed by atoms with Crippen LogP contribution in [0.2, 0.25) is 5.02 Å². The van der Waals surface area contributed by atoms with E-state index in [0.717, 1.165) is 22.6 Å². The van der Waals surface area contributed by atoms with E-state index in [1.54, 1.807) is 43.3 Å². The summed E-state index contributed by atoms with van der Waals surface area (Å²) in [6, 6.07) is 15.1. The maximum atomic E-state index is 13.9. The van der Waals surface area contributed by atoms with Crippen LogP contribution in [0.25, 0.3) is 0 Å². The standard InChI is InChI=1S/C29H31ClF3N3O4S/c1-4-16-34-28(38)21(3)35(18-22-8-5-6-11-26(22)30)27(37)19-36(24-10-7-9-23(17-24)29(31,32)33)41(39,40)25-14-12-20(2)13-15-25/h5-15,17,21H,4,16,18-19H2,1-3H3,(H,34,38). The van der Waals surface area contributed by atoms with E-state index in [1.165, 1.54) is 25.1 Å². The van der Waals surface area contributed by atoms with E-state index >= 15 is 0 Å². The number of nitrogens with one attached hydrogen (secondary N) is 1. The minimum absolute atomic E-state index is 0.139. The number of nitrogens with zero attached hydrogens (tertiary/aromatic N) is 2. The normalized spacial score (nSPS) is 12.5. The Balaban J connectivity index is 2.09. The molecule has 0 saturated heterocycles. The second-order valence-corrected chi connectivity index (χ2v) is 11.7. The molecule has 1 unspecified atom stereocenters. The zero-order valence-electron chi connectivity index (χ0n) is 22.8.